The molecular weight excluding hydrogens is 639 g/mol. The topological polar surface area (TPSA) is 3.24 Å². The van der Waals surface area contributed by atoms with Crippen molar-refractivity contribution >= 4 is 27.8 Å². The van der Waals surface area contributed by atoms with Crippen molar-refractivity contribution in [3.63, 3.8) is 0 Å². The Hall–Kier alpha value is -6.18. The molecule has 0 atom stereocenters. The van der Waals surface area contributed by atoms with Crippen molar-refractivity contribution in [2.24, 2.45) is 0 Å². The molecule has 0 heterocycles. The molecule has 0 amide bonds. The van der Waals surface area contributed by atoms with Crippen molar-refractivity contribution in [3.05, 3.63) is 198 Å². The average Bonchev–Trinajstić information content (AvgIpc) is 3.58. The molecular formula is C52H41N. The molecule has 0 fully saturated rings. The van der Waals surface area contributed by atoms with Crippen LogP contribution in [0, 0.1) is 0 Å². The first kappa shape index (κ1) is 31.5. The second-order valence-corrected chi connectivity index (χ2v) is 15.7. The molecule has 0 unspecified atom stereocenters. The first-order chi connectivity index (χ1) is 25.8. The number of anilines is 3. The maximum atomic E-state index is 2.50. The summed E-state index contributed by atoms with van der Waals surface area (Å²) >= 11 is 0. The molecule has 10 rings (SSSR count). The maximum Gasteiger partial charge on any atom is 0.0546 e. The van der Waals surface area contributed by atoms with Crippen LogP contribution in [0.15, 0.2) is 176 Å². The van der Waals surface area contributed by atoms with Crippen LogP contribution >= 0.6 is 0 Å². The molecule has 0 aromatic heterocycles. The highest BCUT2D eigenvalue weighted by atomic mass is 15.1. The molecule has 2 aliphatic rings. The Morgan fingerprint density at radius 3 is 1.77 bits per heavy atom. The minimum atomic E-state index is -0.119. The summed E-state index contributed by atoms with van der Waals surface area (Å²) in [6.45, 7) is 9.49. The largest absolute Gasteiger partial charge is 0.310 e. The van der Waals surface area contributed by atoms with Gasteiger partial charge in [-0.25, -0.2) is 0 Å². The van der Waals surface area contributed by atoms with E-state index in [1.807, 2.05) is 0 Å². The SMILES string of the molecule is CC1(C)c2ccccc2-c2ccc(N(c3cccc(-c4cccc5c4C(C)(C)c4ccccc4-5)c3)c3ccc4ccccc4c3-c3ccccc3)cc21. The van der Waals surface area contributed by atoms with Gasteiger partial charge in [0.1, 0.15) is 0 Å². The van der Waals surface area contributed by atoms with Gasteiger partial charge >= 0.3 is 0 Å². The molecule has 8 aromatic carbocycles. The summed E-state index contributed by atoms with van der Waals surface area (Å²) in [4.78, 5) is 2.50. The molecule has 254 valence electrons. The lowest BCUT2D eigenvalue weighted by Gasteiger charge is -2.31. The van der Waals surface area contributed by atoms with E-state index >= 15 is 0 Å². The molecule has 0 spiro atoms. The van der Waals surface area contributed by atoms with Gasteiger partial charge in [-0.3, -0.25) is 0 Å². The van der Waals surface area contributed by atoms with Gasteiger partial charge in [0.05, 0.1) is 5.69 Å². The van der Waals surface area contributed by atoms with Crippen LogP contribution in [0.4, 0.5) is 17.1 Å². The van der Waals surface area contributed by atoms with E-state index in [9.17, 15) is 0 Å². The number of fused-ring (bicyclic) bond motifs is 7. The van der Waals surface area contributed by atoms with Gasteiger partial charge in [0.25, 0.3) is 0 Å². The van der Waals surface area contributed by atoms with Crippen molar-refractivity contribution in [1.29, 1.82) is 0 Å². The van der Waals surface area contributed by atoms with E-state index < -0.39 is 0 Å². The summed E-state index contributed by atoms with van der Waals surface area (Å²) in [7, 11) is 0. The van der Waals surface area contributed by atoms with Crippen LogP contribution in [-0.2, 0) is 10.8 Å². The lowest BCUT2D eigenvalue weighted by atomic mass is 9.79. The fourth-order valence-corrected chi connectivity index (χ4v) is 9.51. The van der Waals surface area contributed by atoms with Crippen LogP contribution in [0.3, 0.4) is 0 Å². The Morgan fingerprint density at radius 1 is 0.377 bits per heavy atom. The molecule has 0 bridgehead atoms. The van der Waals surface area contributed by atoms with Gasteiger partial charge in [0, 0.05) is 27.8 Å². The Labute approximate surface area is 312 Å². The summed E-state index contributed by atoms with van der Waals surface area (Å²) in [5, 5.41) is 2.47. The van der Waals surface area contributed by atoms with E-state index in [1.54, 1.807) is 0 Å². The number of nitrogens with zero attached hydrogens (tertiary/aromatic N) is 1. The van der Waals surface area contributed by atoms with Crippen molar-refractivity contribution in [3.8, 4) is 44.5 Å². The third-order valence-electron chi connectivity index (χ3n) is 12.0. The quantitative estimate of drug-likeness (QED) is 0.175. The van der Waals surface area contributed by atoms with Gasteiger partial charge in [-0.1, -0.05) is 173 Å². The van der Waals surface area contributed by atoms with E-state index in [1.165, 1.54) is 77.5 Å². The molecule has 2 aliphatic carbocycles. The smallest absolute Gasteiger partial charge is 0.0546 e. The molecule has 0 saturated carbocycles. The van der Waals surface area contributed by atoms with Gasteiger partial charge < -0.3 is 4.90 Å². The fraction of sp³-hybridized carbons (Fsp3) is 0.115. The Kier molecular flexibility index (Phi) is 6.94. The molecule has 0 N–H and O–H groups in total. The zero-order valence-corrected chi connectivity index (χ0v) is 30.7. The predicted octanol–water partition coefficient (Wildman–Crippen LogP) is 14.3. The van der Waals surface area contributed by atoms with Crippen LogP contribution in [0.5, 0.6) is 0 Å². The second kappa shape index (κ2) is 11.7. The molecule has 0 radical (unpaired) electrons. The third-order valence-corrected chi connectivity index (χ3v) is 12.0. The molecule has 0 aliphatic heterocycles. The molecule has 53 heavy (non-hydrogen) atoms. The standard InChI is InChI=1S/C52H41N/c1-51(2)45-26-12-10-22-41(45)43-30-29-38(33-47(43)51)53(48-31-28-34-16-8-9-21-39(34)49(48)35-17-6-5-7-18-35)37-20-14-19-36(32-37)40-24-15-25-44-42-23-11-13-27-46(42)52(3,4)50(40)44/h5-33H,1-4H3. The summed E-state index contributed by atoms with van der Waals surface area (Å²) in [5.74, 6) is 0. The zero-order valence-electron chi connectivity index (χ0n) is 30.7. The molecule has 0 saturated heterocycles. The number of hydrogen-bond acceptors (Lipinski definition) is 1. The van der Waals surface area contributed by atoms with E-state index in [0.717, 1.165) is 17.1 Å². The van der Waals surface area contributed by atoms with Crippen LogP contribution in [0.1, 0.15) is 49.9 Å². The van der Waals surface area contributed by atoms with Gasteiger partial charge in [-0.05, 0) is 102 Å². The van der Waals surface area contributed by atoms with E-state index in [2.05, 4.69) is 209 Å². The second-order valence-electron chi connectivity index (χ2n) is 15.7. The predicted molar refractivity (Wildman–Crippen MR) is 225 cm³/mol. The van der Waals surface area contributed by atoms with Gasteiger partial charge in [0.15, 0.2) is 0 Å². The van der Waals surface area contributed by atoms with Crippen molar-refractivity contribution in [2.45, 2.75) is 38.5 Å². The van der Waals surface area contributed by atoms with Crippen molar-refractivity contribution in [2.75, 3.05) is 4.90 Å². The minimum Gasteiger partial charge on any atom is -0.310 e. The minimum absolute atomic E-state index is 0.113. The Morgan fingerprint density at radius 2 is 0.962 bits per heavy atom. The molecule has 8 aromatic rings. The third kappa shape index (κ3) is 4.70. The van der Waals surface area contributed by atoms with Crippen LogP contribution in [0.2, 0.25) is 0 Å². The Balaban J connectivity index is 1.23. The van der Waals surface area contributed by atoms with E-state index in [0.29, 0.717) is 0 Å². The van der Waals surface area contributed by atoms with Crippen LogP contribution in [-0.4, -0.2) is 0 Å². The highest BCUT2D eigenvalue weighted by Gasteiger charge is 2.38. The molecule has 1 heteroatoms. The zero-order chi connectivity index (χ0) is 35.9. The normalized spacial score (nSPS) is 14.3. The van der Waals surface area contributed by atoms with Gasteiger partial charge in [0.2, 0.25) is 0 Å². The lowest BCUT2D eigenvalue weighted by molar-refractivity contribution is 0.660. The van der Waals surface area contributed by atoms with Crippen LogP contribution < -0.4 is 4.90 Å². The van der Waals surface area contributed by atoms with Crippen LogP contribution in [0.25, 0.3) is 55.3 Å². The summed E-state index contributed by atoms with van der Waals surface area (Å²) in [5.41, 5.74) is 19.1. The summed E-state index contributed by atoms with van der Waals surface area (Å²) in [6.07, 6.45) is 0. The first-order valence-corrected chi connectivity index (χ1v) is 18.8. The summed E-state index contributed by atoms with van der Waals surface area (Å²) < 4.78 is 0. The monoisotopic (exact) mass is 679 g/mol. The average molecular weight is 680 g/mol. The highest BCUT2D eigenvalue weighted by Crippen LogP contribution is 2.54. The van der Waals surface area contributed by atoms with Crippen molar-refractivity contribution < 1.29 is 0 Å². The Bertz CT molecular complexity index is 2730. The number of hydrogen-bond donors (Lipinski definition) is 0. The van der Waals surface area contributed by atoms with Crippen molar-refractivity contribution in [1.82, 2.24) is 0 Å². The van der Waals surface area contributed by atoms with E-state index in [4.69, 9.17) is 0 Å². The first-order valence-electron chi connectivity index (χ1n) is 18.8. The summed E-state index contributed by atoms with van der Waals surface area (Å²) in [6, 6.07) is 65.3. The van der Waals surface area contributed by atoms with E-state index in [-0.39, 0.29) is 10.8 Å². The highest BCUT2D eigenvalue weighted by molar-refractivity contribution is 6.05. The lowest BCUT2D eigenvalue weighted by Crippen LogP contribution is -2.17. The number of benzene rings is 8. The maximum absolute atomic E-state index is 2.50. The number of rotatable bonds is 5. The van der Waals surface area contributed by atoms with Gasteiger partial charge in [-0.15, -0.1) is 0 Å². The van der Waals surface area contributed by atoms with Gasteiger partial charge in [-0.2, -0.15) is 0 Å². The fourth-order valence-electron chi connectivity index (χ4n) is 9.51. The molecule has 1 nitrogen and oxygen atoms in total.